The molecule has 1 saturated heterocycles. The first-order valence-electron chi connectivity index (χ1n) is 10.3. The molecule has 0 bridgehead atoms. The van der Waals surface area contributed by atoms with Crippen LogP contribution in [0.4, 0.5) is 14.9 Å². The molecule has 5 nitrogen and oxygen atoms in total. The van der Waals surface area contributed by atoms with Crippen molar-refractivity contribution in [2.75, 3.05) is 18.4 Å². The number of likely N-dealkylation sites (tertiary alicyclic amines) is 1. The van der Waals surface area contributed by atoms with Crippen LogP contribution in [0.1, 0.15) is 44.7 Å². The molecule has 158 valence electrons. The summed E-state index contributed by atoms with van der Waals surface area (Å²) in [4.78, 5) is 20.2. The van der Waals surface area contributed by atoms with E-state index < -0.39 is 5.60 Å². The number of piperidine rings is 1. The maximum atomic E-state index is 13.0. The minimum absolute atomic E-state index is 0.120. The number of rotatable bonds is 2. The Labute approximate surface area is 176 Å². The number of urea groups is 1. The van der Waals surface area contributed by atoms with Crippen molar-refractivity contribution in [1.82, 2.24) is 10.4 Å². The average Bonchev–Trinajstić information content (AvgIpc) is 3.13. The number of halogens is 1. The van der Waals surface area contributed by atoms with Crippen LogP contribution in [0, 0.1) is 5.82 Å². The van der Waals surface area contributed by atoms with Crippen LogP contribution in [0.5, 0.6) is 0 Å². The van der Waals surface area contributed by atoms with E-state index in [1.807, 2.05) is 0 Å². The highest BCUT2D eigenvalue weighted by Gasteiger charge is 2.40. The number of hydroxylamine groups is 1. The summed E-state index contributed by atoms with van der Waals surface area (Å²) in [5.74, 6) is -0.325. The molecule has 0 saturated carbocycles. The lowest BCUT2D eigenvalue weighted by Crippen LogP contribution is -2.48. The Hall–Kier alpha value is -2.86. The first-order chi connectivity index (χ1) is 14.2. The number of amides is 2. The summed E-state index contributed by atoms with van der Waals surface area (Å²) >= 11 is 0. The van der Waals surface area contributed by atoms with Crippen LogP contribution in [0.25, 0.3) is 5.70 Å². The molecule has 30 heavy (non-hydrogen) atoms. The molecule has 2 N–H and O–H groups in total. The smallest absolute Gasteiger partial charge is 0.321 e. The zero-order valence-corrected chi connectivity index (χ0v) is 17.7. The topological polar surface area (TPSA) is 53.6 Å². The second kappa shape index (κ2) is 7.76. The highest BCUT2D eigenvalue weighted by molar-refractivity contribution is 5.89. The predicted octanol–water partition coefficient (Wildman–Crippen LogP) is 5.07. The second-order valence-electron chi connectivity index (χ2n) is 9.08. The summed E-state index contributed by atoms with van der Waals surface area (Å²) in [6, 6.07) is 14.2. The van der Waals surface area contributed by atoms with Crippen molar-refractivity contribution in [1.29, 1.82) is 0 Å². The number of nitrogens with zero attached hydrogens (tertiary/aromatic N) is 1. The summed E-state index contributed by atoms with van der Waals surface area (Å²) < 4.78 is 13.0. The molecule has 6 heteroatoms. The van der Waals surface area contributed by atoms with Gasteiger partial charge < -0.3 is 10.2 Å². The fourth-order valence-electron chi connectivity index (χ4n) is 3.84. The van der Waals surface area contributed by atoms with Gasteiger partial charge in [0, 0.05) is 31.6 Å². The van der Waals surface area contributed by atoms with Crippen molar-refractivity contribution in [3.8, 4) is 0 Å². The van der Waals surface area contributed by atoms with Crippen molar-refractivity contribution >= 4 is 17.4 Å². The molecule has 0 unspecified atom stereocenters. The fraction of sp³-hybridized carbons (Fsp3) is 0.375. The third kappa shape index (κ3) is 4.33. The van der Waals surface area contributed by atoms with Gasteiger partial charge in [-0.15, -0.1) is 0 Å². The standard InChI is InChI=1S/C24H28FN3O2/c1-23(2,3)18-6-4-17(5-7-18)21-16-24(30-27-21)12-14-28(15-13-24)22(29)26-20-10-8-19(25)9-11-20/h4-11,16,27H,12-15H2,1-3H3,(H,26,29). The van der Waals surface area contributed by atoms with E-state index in [2.05, 4.69) is 61.9 Å². The van der Waals surface area contributed by atoms with Crippen LogP contribution < -0.4 is 10.8 Å². The number of hydrogen-bond acceptors (Lipinski definition) is 3. The molecule has 4 rings (SSSR count). The SMILES string of the molecule is CC(C)(C)c1ccc(C2=CC3(CCN(C(=O)Nc4ccc(F)cc4)CC3)ON2)cc1. The second-order valence-corrected chi connectivity index (χ2v) is 9.08. The van der Waals surface area contributed by atoms with Crippen LogP contribution in [-0.2, 0) is 10.3 Å². The van der Waals surface area contributed by atoms with Gasteiger partial charge in [-0.3, -0.25) is 10.3 Å². The lowest BCUT2D eigenvalue weighted by Gasteiger charge is -2.36. The summed E-state index contributed by atoms with van der Waals surface area (Å²) in [5, 5.41) is 2.82. The van der Waals surface area contributed by atoms with E-state index in [0.717, 1.165) is 11.3 Å². The molecular weight excluding hydrogens is 381 g/mol. The number of carbonyl (C=O) groups is 1. The van der Waals surface area contributed by atoms with Gasteiger partial charge >= 0.3 is 6.03 Å². The number of carbonyl (C=O) groups excluding carboxylic acids is 1. The summed E-state index contributed by atoms with van der Waals surface area (Å²) in [5.41, 5.74) is 6.75. The van der Waals surface area contributed by atoms with Crippen molar-refractivity contribution in [2.24, 2.45) is 0 Å². The monoisotopic (exact) mass is 409 g/mol. The Kier molecular flexibility index (Phi) is 5.28. The molecule has 0 aromatic heterocycles. The van der Waals surface area contributed by atoms with Gasteiger partial charge in [0.1, 0.15) is 11.4 Å². The minimum atomic E-state index is -0.398. The van der Waals surface area contributed by atoms with Crippen molar-refractivity contribution in [3.05, 3.63) is 71.6 Å². The van der Waals surface area contributed by atoms with E-state index in [4.69, 9.17) is 4.84 Å². The maximum absolute atomic E-state index is 13.0. The Morgan fingerprint density at radius 2 is 1.70 bits per heavy atom. The van der Waals surface area contributed by atoms with E-state index in [1.54, 1.807) is 17.0 Å². The molecule has 1 spiro atoms. The van der Waals surface area contributed by atoms with Crippen molar-refractivity contribution in [3.63, 3.8) is 0 Å². The molecule has 2 aromatic rings. The average molecular weight is 410 g/mol. The molecule has 2 heterocycles. The fourth-order valence-corrected chi connectivity index (χ4v) is 3.84. The first-order valence-corrected chi connectivity index (χ1v) is 10.3. The van der Waals surface area contributed by atoms with E-state index in [0.29, 0.717) is 31.6 Å². The maximum Gasteiger partial charge on any atom is 0.321 e. The van der Waals surface area contributed by atoms with Crippen LogP contribution in [-0.4, -0.2) is 29.6 Å². The largest absolute Gasteiger partial charge is 0.324 e. The zero-order chi connectivity index (χ0) is 21.4. The van der Waals surface area contributed by atoms with Crippen molar-refractivity contribution < 1.29 is 14.0 Å². The van der Waals surface area contributed by atoms with Gasteiger partial charge in [0.25, 0.3) is 0 Å². The molecular formula is C24H28FN3O2. The van der Waals surface area contributed by atoms with Crippen molar-refractivity contribution in [2.45, 2.75) is 44.6 Å². The molecule has 2 aromatic carbocycles. The Balaban J connectivity index is 1.37. The summed E-state index contributed by atoms with van der Waals surface area (Å²) in [6.45, 7) is 7.77. The lowest BCUT2D eigenvalue weighted by atomic mass is 9.86. The van der Waals surface area contributed by atoms with Gasteiger partial charge in [-0.1, -0.05) is 45.0 Å². The van der Waals surface area contributed by atoms with Crippen LogP contribution >= 0.6 is 0 Å². The summed E-state index contributed by atoms with van der Waals surface area (Å²) in [6.07, 6.45) is 3.56. The third-order valence-corrected chi connectivity index (χ3v) is 5.83. The Morgan fingerprint density at radius 3 is 2.30 bits per heavy atom. The molecule has 0 radical (unpaired) electrons. The number of anilines is 1. The van der Waals surface area contributed by atoms with Crippen LogP contribution in [0.2, 0.25) is 0 Å². The van der Waals surface area contributed by atoms with Gasteiger partial charge in [-0.2, -0.15) is 0 Å². The molecule has 2 aliphatic heterocycles. The summed E-state index contributed by atoms with van der Waals surface area (Å²) in [7, 11) is 0. The number of nitrogens with one attached hydrogen (secondary N) is 2. The van der Waals surface area contributed by atoms with Gasteiger partial charge in [0.05, 0.1) is 5.70 Å². The van der Waals surface area contributed by atoms with Crippen LogP contribution in [0.3, 0.4) is 0 Å². The van der Waals surface area contributed by atoms with E-state index >= 15 is 0 Å². The van der Waals surface area contributed by atoms with Gasteiger partial charge in [-0.05, 0) is 46.9 Å². The van der Waals surface area contributed by atoms with Gasteiger partial charge in [0.15, 0.2) is 0 Å². The Morgan fingerprint density at radius 1 is 1.07 bits per heavy atom. The molecule has 0 aliphatic carbocycles. The van der Waals surface area contributed by atoms with Gasteiger partial charge in [0.2, 0.25) is 0 Å². The normalized spacial score (nSPS) is 18.1. The molecule has 1 fully saturated rings. The quantitative estimate of drug-likeness (QED) is 0.729. The first kappa shape index (κ1) is 20.4. The number of hydrogen-bond donors (Lipinski definition) is 2. The molecule has 0 atom stereocenters. The minimum Gasteiger partial charge on any atom is -0.324 e. The molecule has 2 aliphatic rings. The lowest BCUT2D eigenvalue weighted by molar-refractivity contribution is -0.0634. The number of benzene rings is 2. The van der Waals surface area contributed by atoms with E-state index in [-0.39, 0.29) is 17.3 Å². The van der Waals surface area contributed by atoms with Crippen LogP contribution in [0.15, 0.2) is 54.6 Å². The van der Waals surface area contributed by atoms with E-state index in [1.165, 1.54) is 17.7 Å². The van der Waals surface area contributed by atoms with E-state index in [9.17, 15) is 9.18 Å². The highest BCUT2D eigenvalue weighted by Crippen LogP contribution is 2.35. The Bertz CT molecular complexity index is 938. The highest BCUT2D eigenvalue weighted by atomic mass is 19.1. The third-order valence-electron chi connectivity index (χ3n) is 5.83. The predicted molar refractivity (Wildman–Crippen MR) is 116 cm³/mol. The van der Waals surface area contributed by atoms with Gasteiger partial charge in [-0.25, -0.2) is 9.18 Å². The molecule has 2 amide bonds. The zero-order valence-electron chi connectivity index (χ0n) is 17.7.